The molecule has 4 aromatic rings. The lowest BCUT2D eigenvalue weighted by atomic mass is 10.0. The van der Waals surface area contributed by atoms with Crippen LogP contribution in [0.1, 0.15) is 11.1 Å². The quantitative estimate of drug-likeness (QED) is 0.430. The normalized spacial score (nSPS) is 11.0. The summed E-state index contributed by atoms with van der Waals surface area (Å²) < 4.78 is 0. The smallest absolute Gasteiger partial charge is 0.160 e. The van der Waals surface area contributed by atoms with Crippen molar-refractivity contribution in [2.24, 2.45) is 0 Å². The van der Waals surface area contributed by atoms with Crippen LogP contribution in [0.15, 0.2) is 66.7 Å². The van der Waals surface area contributed by atoms with Gasteiger partial charge in [-0.15, -0.1) is 0 Å². The Bertz CT molecular complexity index is 1090. The van der Waals surface area contributed by atoms with Gasteiger partial charge in [-0.2, -0.15) is 0 Å². The van der Waals surface area contributed by atoms with Gasteiger partial charge in [0.1, 0.15) is 0 Å². The number of nitrogens with zero attached hydrogens (tertiary/aromatic N) is 2. The van der Waals surface area contributed by atoms with E-state index in [9.17, 15) is 0 Å². The lowest BCUT2D eigenvalue weighted by molar-refractivity contribution is 1.21. The van der Waals surface area contributed by atoms with Gasteiger partial charge in [-0.3, -0.25) is 0 Å². The highest BCUT2D eigenvalue weighted by molar-refractivity contribution is 6.36. The van der Waals surface area contributed by atoms with Gasteiger partial charge in [0.2, 0.25) is 0 Å². The molecule has 2 nitrogen and oxygen atoms in total. The number of benzene rings is 3. The minimum absolute atomic E-state index is 0.673. The molecule has 0 amide bonds. The van der Waals surface area contributed by atoms with E-state index in [1.54, 1.807) is 0 Å². The number of rotatable bonds is 2. The molecule has 0 fully saturated rings. The third-order valence-corrected chi connectivity index (χ3v) is 4.77. The number of hydrogen-bond donors (Lipinski definition) is 0. The Morgan fingerprint density at radius 1 is 0.680 bits per heavy atom. The number of aromatic nitrogens is 2. The monoisotopic (exact) mass is 344 g/mol. The summed E-state index contributed by atoms with van der Waals surface area (Å²) in [7, 11) is 0. The van der Waals surface area contributed by atoms with E-state index < -0.39 is 0 Å². The molecule has 0 N–H and O–H groups in total. The Hall–Kier alpha value is -2.71. The lowest BCUT2D eigenvalue weighted by Gasteiger charge is -2.13. The van der Waals surface area contributed by atoms with Crippen molar-refractivity contribution in [2.45, 2.75) is 13.8 Å². The van der Waals surface area contributed by atoms with E-state index in [0.29, 0.717) is 5.02 Å². The number of aryl methyl sites for hydroxylation is 2. The van der Waals surface area contributed by atoms with Gasteiger partial charge in [0.05, 0.1) is 16.2 Å². The zero-order chi connectivity index (χ0) is 17.4. The Labute approximate surface area is 152 Å². The highest BCUT2D eigenvalue weighted by Gasteiger charge is 2.15. The molecule has 0 aliphatic heterocycles. The summed E-state index contributed by atoms with van der Waals surface area (Å²) in [6.45, 7) is 4.17. The molecule has 0 unspecified atom stereocenters. The van der Waals surface area contributed by atoms with Crippen LogP contribution in [0.4, 0.5) is 0 Å². The second kappa shape index (κ2) is 6.30. The topological polar surface area (TPSA) is 25.8 Å². The molecule has 0 saturated carbocycles. The summed E-state index contributed by atoms with van der Waals surface area (Å²) in [4.78, 5) is 9.72. The fraction of sp³-hybridized carbons (Fsp3) is 0.0909. The maximum atomic E-state index is 6.51. The molecule has 122 valence electrons. The van der Waals surface area contributed by atoms with Crippen LogP contribution < -0.4 is 0 Å². The zero-order valence-corrected chi connectivity index (χ0v) is 14.9. The Morgan fingerprint density at radius 3 is 2.00 bits per heavy atom. The van der Waals surface area contributed by atoms with Crippen LogP contribution in [0.25, 0.3) is 33.5 Å². The Morgan fingerprint density at radius 2 is 1.32 bits per heavy atom. The number of hydrogen-bond acceptors (Lipinski definition) is 2. The summed E-state index contributed by atoms with van der Waals surface area (Å²) >= 11 is 6.51. The van der Waals surface area contributed by atoms with E-state index in [1.807, 2.05) is 42.5 Å². The number of halogens is 1. The van der Waals surface area contributed by atoms with Crippen LogP contribution >= 0.6 is 11.6 Å². The van der Waals surface area contributed by atoms with E-state index in [0.717, 1.165) is 44.7 Å². The minimum Gasteiger partial charge on any atom is -0.228 e. The van der Waals surface area contributed by atoms with Crippen LogP contribution in [0.5, 0.6) is 0 Å². The van der Waals surface area contributed by atoms with Crippen molar-refractivity contribution in [1.29, 1.82) is 0 Å². The maximum absolute atomic E-state index is 6.51. The molecular weight excluding hydrogens is 328 g/mol. The van der Waals surface area contributed by atoms with Crippen molar-refractivity contribution in [3.05, 3.63) is 82.9 Å². The Balaban J connectivity index is 2.10. The van der Waals surface area contributed by atoms with Gasteiger partial charge in [-0.05, 0) is 37.1 Å². The third-order valence-electron chi connectivity index (χ3n) is 4.46. The van der Waals surface area contributed by atoms with Crippen LogP contribution in [-0.2, 0) is 0 Å². The average Bonchev–Trinajstić information content (AvgIpc) is 2.62. The van der Waals surface area contributed by atoms with Crippen molar-refractivity contribution in [2.75, 3.05) is 0 Å². The van der Waals surface area contributed by atoms with Gasteiger partial charge in [0, 0.05) is 16.5 Å². The lowest BCUT2D eigenvalue weighted by Crippen LogP contribution is -1.98. The minimum atomic E-state index is 0.673. The highest BCUT2D eigenvalue weighted by Crippen LogP contribution is 2.35. The van der Waals surface area contributed by atoms with Gasteiger partial charge >= 0.3 is 0 Å². The molecule has 3 aromatic carbocycles. The molecule has 0 atom stereocenters. The molecule has 0 aliphatic rings. The first kappa shape index (κ1) is 15.8. The van der Waals surface area contributed by atoms with Crippen molar-refractivity contribution in [3.63, 3.8) is 0 Å². The third kappa shape index (κ3) is 2.79. The van der Waals surface area contributed by atoms with Crippen molar-refractivity contribution in [3.8, 4) is 22.6 Å². The van der Waals surface area contributed by atoms with Crippen LogP contribution in [-0.4, -0.2) is 9.97 Å². The fourth-order valence-electron chi connectivity index (χ4n) is 3.12. The standard InChI is InChI=1S/C22H17ClN2/c1-14-8-3-5-10-16(14)21-20-18(23)12-7-13-19(20)24-22(25-21)17-11-6-4-9-15(17)2/h3-13H,1-2H3. The van der Waals surface area contributed by atoms with Gasteiger partial charge in [0.15, 0.2) is 5.82 Å². The molecule has 0 radical (unpaired) electrons. The first-order chi connectivity index (χ1) is 12.1. The van der Waals surface area contributed by atoms with Crippen molar-refractivity contribution >= 4 is 22.5 Å². The second-order valence-electron chi connectivity index (χ2n) is 6.16. The molecule has 0 spiro atoms. The van der Waals surface area contributed by atoms with E-state index in [1.165, 1.54) is 0 Å². The fourth-order valence-corrected chi connectivity index (χ4v) is 3.38. The van der Waals surface area contributed by atoms with Crippen molar-refractivity contribution in [1.82, 2.24) is 9.97 Å². The molecular formula is C22H17ClN2. The molecule has 1 heterocycles. The molecule has 0 bridgehead atoms. The molecule has 1 aromatic heterocycles. The predicted octanol–water partition coefficient (Wildman–Crippen LogP) is 6.23. The molecule has 4 rings (SSSR count). The van der Waals surface area contributed by atoms with E-state index in [2.05, 4.69) is 38.1 Å². The molecule has 0 aliphatic carbocycles. The summed E-state index contributed by atoms with van der Waals surface area (Å²) in [6, 6.07) is 22.2. The van der Waals surface area contributed by atoms with Gasteiger partial charge in [-0.25, -0.2) is 9.97 Å². The largest absolute Gasteiger partial charge is 0.228 e. The zero-order valence-electron chi connectivity index (χ0n) is 14.1. The Kier molecular flexibility index (Phi) is 3.98. The summed E-state index contributed by atoms with van der Waals surface area (Å²) in [5.74, 6) is 0.728. The first-order valence-electron chi connectivity index (χ1n) is 8.23. The van der Waals surface area contributed by atoms with Gasteiger partial charge in [-0.1, -0.05) is 66.2 Å². The summed E-state index contributed by atoms with van der Waals surface area (Å²) in [5.41, 5.74) is 6.18. The van der Waals surface area contributed by atoms with Crippen molar-refractivity contribution < 1.29 is 0 Å². The van der Waals surface area contributed by atoms with E-state index in [4.69, 9.17) is 21.6 Å². The summed E-state index contributed by atoms with van der Waals surface area (Å²) in [6.07, 6.45) is 0. The van der Waals surface area contributed by atoms with Gasteiger partial charge < -0.3 is 0 Å². The maximum Gasteiger partial charge on any atom is 0.160 e. The van der Waals surface area contributed by atoms with Crippen LogP contribution in [0.2, 0.25) is 5.02 Å². The van der Waals surface area contributed by atoms with Gasteiger partial charge in [0.25, 0.3) is 0 Å². The molecule has 3 heteroatoms. The van der Waals surface area contributed by atoms with E-state index >= 15 is 0 Å². The average molecular weight is 345 g/mol. The predicted molar refractivity (Wildman–Crippen MR) is 105 cm³/mol. The molecule has 25 heavy (non-hydrogen) atoms. The second-order valence-corrected chi connectivity index (χ2v) is 6.57. The van der Waals surface area contributed by atoms with Crippen LogP contribution in [0, 0.1) is 13.8 Å². The SMILES string of the molecule is Cc1ccccc1-c1nc(-c2ccccc2C)c2c(Cl)cccc2n1. The van der Waals surface area contributed by atoms with E-state index in [-0.39, 0.29) is 0 Å². The highest BCUT2D eigenvalue weighted by atomic mass is 35.5. The number of fused-ring (bicyclic) bond motifs is 1. The summed E-state index contributed by atoms with van der Waals surface area (Å²) in [5, 5.41) is 1.57. The molecule has 0 saturated heterocycles. The first-order valence-corrected chi connectivity index (χ1v) is 8.61. The van der Waals surface area contributed by atoms with Crippen LogP contribution in [0.3, 0.4) is 0 Å².